The normalized spacial score (nSPS) is 15.5. The van der Waals surface area contributed by atoms with Gasteiger partial charge in [-0.3, -0.25) is 5.10 Å². The van der Waals surface area contributed by atoms with Crippen molar-refractivity contribution in [3.8, 4) is 17.7 Å². The molecule has 0 spiro atoms. The second kappa shape index (κ2) is 7.41. The van der Waals surface area contributed by atoms with Gasteiger partial charge in [-0.1, -0.05) is 46.3 Å². The minimum atomic E-state index is -0.409. The summed E-state index contributed by atoms with van der Waals surface area (Å²) in [5.41, 5.74) is 9.85. The number of fused-ring (bicyclic) bond motifs is 1. The van der Waals surface area contributed by atoms with Crippen molar-refractivity contribution in [2.24, 2.45) is 5.73 Å². The number of ether oxygens (including phenoxy) is 2. The third kappa shape index (κ3) is 3.23. The Hall–Kier alpha value is -3.24. The van der Waals surface area contributed by atoms with Crippen molar-refractivity contribution in [2.75, 3.05) is 0 Å². The molecule has 0 unspecified atom stereocenters. The quantitative estimate of drug-likeness (QED) is 0.635. The van der Waals surface area contributed by atoms with E-state index in [2.05, 4.69) is 32.2 Å². The molecule has 28 heavy (non-hydrogen) atoms. The van der Waals surface area contributed by atoms with Crippen molar-refractivity contribution in [3.63, 3.8) is 0 Å². The molecule has 1 atom stereocenters. The third-order valence-electron chi connectivity index (χ3n) is 4.67. The van der Waals surface area contributed by atoms with Crippen molar-refractivity contribution in [1.82, 2.24) is 10.2 Å². The lowest BCUT2D eigenvalue weighted by Crippen LogP contribution is -2.21. The van der Waals surface area contributed by atoms with Gasteiger partial charge in [0, 0.05) is 21.3 Å². The van der Waals surface area contributed by atoms with Gasteiger partial charge < -0.3 is 15.2 Å². The molecule has 140 valence electrons. The Morgan fingerprint density at radius 2 is 2.00 bits per heavy atom. The minimum Gasteiger partial charge on any atom is -0.489 e. The average Bonchev–Trinajstić information content (AvgIpc) is 3.07. The van der Waals surface area contributed by atoms with E-state index in [9.17, 15) is 5.26 Å². The largest absolute Gasteiger partial charge is 0.489 e. The molecule has 2 aromatic carbocycles. The molecule has 2 heterocycles. The zero-order valence-corrected chi connectivity index (χ0v) is 16.7. The van der Waals surface area contributed by atoms with E-state index < -0.39 is 5.92 Å². The summed E-state index contributed by atoms with van der Waals surface area (Å²) in [6.07, 6.45) is 0. The highest BCUT2D eigenvalue weighted by molar-refractivity contribution is 9.10. The first kappa shape index (κ1) is 18.1. The Bertz CT molecular complexity index is 1100. The predicted octanol–water partition coefficient (Wildman–Crippen LogP) is 4.28. The van der Waals surface area contributed by atoms with Crippen LogP contribution in [-0.4, -0.2) is 10.2 Å². The minimum absolute atomic E-state index is 0.0641. The second-order valence-electron chi connectivity index (χ2n) is 6.45. The van der Waals surface area contributed by atoms with Gasteiger partial charge in [0.25, 0.3) is 0 Å². The first-order valence-corrected chi connectivity index (χ1v) is 9.46. The smallest absolute Gasteiger partial charge is 0.244 e. The van der Waals surface area contributed by atoms with Crippen LogP contribution in [0.2, 0.25) is 0 Å². The Morgan fingerprint density at radius 3 is 2.75 bits per heavy atom. The van der Waals surface area contributed by atoms with Gasteiger partial charge in [0.15, 0.2) is 0 Å². The molecule has 4 rings (SSSR count). The van der Waals surface area contributed by atoms with E-state index >= 15 is 0 Å². The zero-order valence-electron chi connectivity index (χ0n) is 15.1. The summed E-state index contributed by atoms with van der Waals surface area (Å²) in [6, 6.07) is 17.8. The van der Waals surface area contributed by atoms with E-state index in [-0.39, 0.29) is 5.88 Å². The second-order valence-corrected chi connectivity index (χ2v) is 7.36. The number of aromatic amines is 1. The van der Waals surface area contributed by atoms with E-state index in [4.69, 9.17) is 15.2 Å². The Morgan fingerprint density at radius 1 is 1.25 bits per heavy atom. The van der Waals surface area contributed by atoms with Gasteiger partial charge in [-0.05, 0) is 30.7 Å². The van der Waals surface area contributed by atoms with E-state index in [0.29, 0.717) is 23.8 Å². The molecule has 7 heteroatoms. The number of nitrogens with one attached hydrogen (secondary N) is 1. The Labute approximate surface area is 170 Å². The molecular formula is C21H17BrN4O2. The molecule has 3 N–H and O–H groups in total. The highest BCUT2D eigenvalue weighted by Gasteiger charge is 2.35. The molecule has 0 bridgehead atoms. The van der Waals surface area contributed by atoms with Crippen LogP contribution in [-0.2, 0) is 6.61 Å². The molecular weight excluding hydrogens is 420 g/mol. The van der Waals surface area contributed by atoms with Gasteiger partial charge in [0.1, 0.15) is 24.0 Å². The van der Waals surface area contributed by atoms with Gasteiger partial charge >= 0.3 is 0 Å². The van der Waals surface area contributed by atoms with E-state index in [0.717, 1.165) is 26.9 Å². The summed E-state index contributed by atoms with van der Waals surface area (Å²) in [7, 11) is 0. The summed E-state index contributed by atoms with van der Waals surface area (Å²) < 4.78 is 12.7. The highest BCUT2D eigenvalue weighted by atomic mass is 79.9. The van der Waals surface area contributed by atoms with Crippen molar-refractivity contribution >= 4 is 15.9 Å². The third-order valence-corrected chi connectivity index (χ3v) is 5.20. The summed E-state index contributed by atoms with van der Waals surface area (Å²) in [4.78, 5) is 0. The molecule has 0 fully saturated rings. The Kier molecular flexibility index (Phi) is 4.80. The van der Waals surface area contributed by atoms with Crippen LogP contribution in [0.1, 0.15) is 28.3 Å². The van der Waals surface area contributed by atoms with E-state index in [1.54, 1.807) is 0 Å². The van der Waals surface area contributed by atoms with Crippen LogP contribution in [0, 0.1) is 18.3 Å². The fourth-order valence-corrected chi connectivity index (χ4v) is 3.57. The van der Waals surface area contributed by atoms with Crippen LogP contribution < -0.4 is 15.2 Å². The summed E-state index contributed by atoms with van der Waals surface area (Å²) >= 11 is 3.43. The lowest BCUT2D eigenvalue weighted by Gasteiger charge is -2.25. The molecule has 0 saturated carbocycles. The van der Waals surface area contributed by atoms with E-state index in [1.165, 1.54) is 0 Å². The van der Waals surface area contributed by atoms with Gasteiger partial charge in [-0.15, -0.1) is 5.10 Å². The lowest BCUT2D eigenvalue weighted by molar-refractivity contribution is 0.301. The highest BCUT2D eigenvalue weighted by Crippen LogP contribution is 2.45. The number of benzene rings is 2. The van der Waals surface area contributed by atoms with Crippen LogP contribution in [0.15, 0.2) is 64.5 Å². The zero-order chi connectivity index (χ0) is 19.7. The number of H-pyrrole nitrogens is 1. The number of nitrogens with two attached hydrogens (primary N) is 1. The van der Waals surface area contributed by atoms with E-state index in [1.807, 2.05) is 55.5 Å². The number of para-hydroxylation sites is 1. The standard InChI is InChI=1S/C21H17BrN4O2/c1-12-18-19(16(10-23)20(24)28-21(18)26-25-12)15-4-2-3-5-17(15)27-11-13-6-8-14(22)9-7-13/h2-9,19H,11,24H2,1H3,(H,25,26)/t19-/m1/s1. The lowest BCUT2D eigenvalue weighted by atomic mass is 9.83. The average molecular weight is 437 g/mol. The van der Waals surface area contributed by atoms with Crippen LogP contribution in [0.5, 0.6) is 11.6 Å². The fourth-order valence-electron chi connectivity index (χ4n) is 3.30. The molecule has 1 aromatic heterocycles. The first-order valence-electron chi connectivity index (χ1n) is 8.67. The maximum atomic E-state index is 9.73. The SMILES string of the molecule is Cc1[nH]nc2c1[C@H](c1ccccc1OCc1ccc(Br)cc1)C(C#N)=C(N)O2. The molecule has 6 nitrogen and oxygen atoms in total. The number of hydrogen-bond donors (Lipinski definition) is 2. The first-order chi connectivity index (χ1) is 13.6. The molecule has 1 aliphatic heterocycles. The molecule has 3 aromatic rings. The van der Waals surface area contributed by atoms with Crippen LogP contribution in [0.3, 0.4) is 0 Å². The topological polar surface area (TPSA) is 97.0 Å². The number of nitriles is 1. The molecule has 0 saturated heterocycles. The van der Waals surface area contributed by atoms with Crippen LogP contribution >= 0.6 is 15.9 Å². The monoisotopic (exact) mass is 436 g/mol. The molecule has 0 radical (unpaired) electrons. The summed E-state index contributed by atoms with van der Waals surface area (Å²) in [5.74, 6) is 0.731. The Balaban J connectivity index is 1.74. The number of halogens is 1. The van der Waals surface area contributed by atoms with Crippen molar-refractivity contribution in [3.05, 3.63) is 86.8 Å². The molecule has 1 aliphatic rings. The van der Waals surface area contributed by atoms with Gasteiger partial charge in [0.05, 0.1) is 5.92 Å². The molecule has 0 aliphatic carbocycles. The number of rotatable bonds is 4. The van der Waals surface area contributed by atoms with Gasteiger partial charge in [0.2, 0.25) is 11.8 Å². The van der Waals surface area contributed by atoms with Crippen molar-refractivity contribution in [2.45, 2.75) is 19.4 Å². The van der Waals surface area contributed by atoms with Gasteiger partial charge in [-0.2, -0.15) is 5.26 Å². The van der Waals surface area contributed by atoms with Crippen LogP contribution in [0.4, 0.5) is 0 Å². The van der Waals surface area contributed by atoms with Crippen molar-refractivity contribution < 1.29 is 9.47 Å². The number of aryl methyl sites for hydroxylation is 1. The maximum absolute atomic E-state index is 9.73. The number of aromatic nitrogens is 2. The van der Waals surface area contributed by atoms with Crippen LogP contribution in [0.25, 0.3) is 0 Å². The fraction of sp³-hybridized carbons (Fsp3) is 0.143. The number of nitrogens with zero attached hydrogens (tertiary/aromatic N) is 2. The van der Waals surface area contributed by atoms with Crippen molar-refractivity contribution in [1.29, 1.82) is 5.26 Å². The number of hydrogen-bond acceptors (Lipinski definition) is 5. The summed E-state index contributed by atoms with van der Waals surface area (Å²) in [6.45, 7) is 2.30. The maximum Gasteiger partial charge on any atom is 0.244 e. The predicted molar refractivity (Wildman–Crippen MR) is 108 cm³/mol. The summed E-state index contributed by atoms with van der Waals surface area (Å²) in [5, 5.41) is 16.8. The van der Waals surface area contributed by atoms with Gasteiger partial charge in [-0.25, -0.2) is 0 Å². The number of allylic oxidation sites excluding steroid dienone is 1. The molecule has 0 amide bonds.